The van der Waals surface area contributed by atoms with Crippen LogP contribution in [-0.2, 0) is 13.6 Å². The van der Waals surface area contributed by atoms with Crippen molar-refractivity contribution in [3.05, 3.63) is 18.2 Å². The largest absolute Gasteiger partial charge is 0.337 e. The minimum atomic E-state index is 0.676. The predicted octanol–water partition coefficient (Wildman–Crippen LogP) is 1.40. The summed E-state index contributed by atoms with van der Waals surface area (Å²) in [5, 5.41) is 4.35. The molecule has 78 valence electrons. The van der Waals surface area contributed by atoms with Crippen LogP contribution in [0.3, 0.4) is 0 Å². The van der Waals surface area contributed by atoms with Gasteiger partial charge in [0, 0.05) is 31.1 Å². The van der Waals surface area contributed by atoms with Crippen LogP contribution in [0.5, 0.6) is 0 Å². The molecule has 0 aromatic carbocycles. The van der Waals surface area contributed by atoms with Crippen LogP contribution in [0.2, 0.25) is 0 Å². The predicted molar refractivity (Wildman–Crippen MR) is 60.4 cm³/mol. The Balaban J connectivity index is 1.85. The number of aryl methyl sites for hydroxylation is 1. The van der Waals surface area contributed by atoms with Gasteiger partial charge in [-0.15, -0.1) is 0 Å². The Kier molecular flexibility index (Phi) is 3.13. The number of thioether (sulfide) groups is 1. The van der Waals surface area contributed by atoms with Crippen LogP contribution in [0.4, 0.5) is 0 Å². The van der Waals surface area contributed by atoms with Gasteiger partial charge in [0.15, 0.2) is 0 Å². The molecule has 0 spiro atoms. The van der Waals surface area contributed by atoms with Gasteiger partial charge in [0.05, 0.1) is 12.0 Å². The van der Waals surface area contributed by atoms with Gasteiger partial charge in [0.25, 0.3) is 0 Å². The van der Waals surface area contributed by atoms with E-state index in [0.717, 1.165) is 11.8 Å². The molecule has 0 bridgehead atoms. The summed E-state index contributed by atoms with van der Waals surface area (Å²) in [6, 6.07) is 0.676. The van der Waals surface area contributed by atoms with Crippen molar-refractivity contribution in [1.82, 2.24) is 14.9 Å². The van der Waals surface area contributed by atoms with Gasteiger partial charge in [-0.25, -0.2) is 4.98 Å². The standard InChI is InChI=1S/C10H17N3S/c1-8-10(3-4-14-8)12-6-9-5-11-7-13(9)2/h5,7-8,10,12H,3-4,6H2,1-2H3. The smallest absolute Gasteiger partial charge is 0.0945 e. The fraction of sp³-hybridized carbons (Fsp3) is 0.700. The minimum Gasteiger partial charge on any atom is -0.337 e. The molecule has 14 heavy (non-hydrogen) atoms. The van der Waals surface area contributed by atoms with Gasteiger partial charge in [-0.2, -0.15) is 11.8 Å². The third-order valence-corrected chi connectivity index (χ3v) is 4.16. The summed E-state index contributed by atoms with van der Waals surface area (Å²) in [4.78, 5) is 4.10. The maximum Gasteiger partial charge on any atom is 0.0945 e. The average Bonchev–Trinajstić information content (AvgIpc) is 2.72. The molecular formula is C10H17N3S. The van der Waals surface area contributed by atoms with Gasteiger partial charge in [-0.3, -0.25) is 0 Å². The van der Waals surface area contributed by atoms with Gasteiger partial charge < -0.3 is 9.88 Å². The third-order valence-electron chi connectivity index (χ3n) is 2.84. The van der Waals surface area contributed by atoms with Crippen LogP contribution in [0.25, 0.3) is 0 Å². The van der Waals surface area contributed by atoms with Crippen LogP contribution < -0.4 is 5.32 Å². The lowest BCUT2D eigenvalue weighted by Crippen LogP contribution is -2.33. The Morgan fingerprint density at radius 1 is 1.71 bits per heavy atom. The van der Waals surface area contributed by atoms with Crippen molar-refractivity contribution in [2.24, 2.45) is 7.05 Å². The molecular weight excluding hydrogens is 194 g/mol. The van der Waals surface area contributed by atoms with E-state index >= 15 is 0 Å². The third kappa shape index (κ3) is 2.12. The van der Waals surface area contributed by atoms with Gasteiger partial charge in [0.2, 0.25) is 0 Å². The van der Waals surface area contributed by atoms with Crippen molar-refractivity contribution in [2.75, 3.05) is 5.75 Å². The summed E-state index contributed by atoms with van der Waals surface area (Å²) in [5.41, 5.74) is 1.26. The van der Waals surface area contributed by atoms with Crippen LogP contribution in [0, 0.1) is 0 Å². The number of hydrogen-bond acceptors (Lipinski definition) is 3. The fourth-order valence-electron chi connectivity index (χ4n) is 1.79. The van der Waals surface area contributed by atoms with Crippen LogP contribution >= 0.6 is 11.8 Å². The molecule has 2 unspecified atom stereocenters. The summed E-state index contributed by atoms with van der Waals surface area (Å²) in [5.74, 6) is 1.30. The molecule has 0 amide bonds. The first-order valence-corrected chi connectivity index (χ1v) is 6.12. The molecule has 3 nitrogen and oxygen atoms in total. The lowest BCUT2D eigenvalue weighted by atomic mass is 10.2. The molecule has 1 aromatic heterocycles. The number of imidazole rings is 1. The van der Waals surface area contributed by atoms with E-state index in [9.17, 15) is 0 Å². The van der Waals surface area contributed by atoms with Crippen molar-refractivity contribution in [2.45, 2.75) is 31.2 Å². The zero-order chi connectivity index (χ0) is 9.97. The summed E-state index contributed by atoms with van der Waals surface area (Å²) in [6.07, 6.45) is 5.08. The first-order valence-electron chi connectivity index (χ1n) is 5.07. The van der Waals surface area contributed by atoms with Crippen molar-refractivity contribution in [1.29, 1.82) is 0 Å². The van der Waals surface area contributed by atoms with Crippen LogP contribution in [0.15, 0.2) is 12.5 Å². The quantitative estimate of drug-likeness (QED) is 0.819. The average molecular weight is 211 g/mol. The zero-order valence-corrected chi connectivity index (χ0v) is 9.55. The van der Waals surface area contributed by atoms with E-state index in [4.69, 9.17) is 0 Å². The summed E-state index contributed by atoms with van der Waals surface area (Å²) < 4.78 is 2.07. The molecule has 2 atom stereocenters. The first-order chi connectivity index (χ1) is 6.77. The summed E-state index contributed by atoms with van der Waals surface area (Å²) in [6.45, 7) is 3.24. The molecule has 2 heterocycles. The van der Waals surface area contributed by atoms with Gasteiger partial charge in [-0.1, -0.05) is 6.92 Å². The maximum absolute atomic E-state index is 4.10. The number of nitrogens with one attached hydrogen (secondary N) is 1. The Labute approximate surface area is 89.3 Å². The zero-order valence-electron chi connectivity index (χ0n) is 8.73. The van der Waals surface area contributed by atoms with E-state index in [-0.39, 0.29) is 0 Å². The Bertz CT molecular complexity index is 297. The highest BCUT2D eigenvalue weighted by molar-refractivity contribution is 8.00. The van der Waals surface area contributed by atoms with E-state index in [1.54, 1.807) is 0 Å². The summed E-state index contributed by atoms with van der Waals surface area (Å²) >= 11 is 2.06. The Hall–Kier alpha value is -0.480. The lowest BCUT2D eigenvalue weighted by Gasteiger charge is -2.16. The SMILES string of the molecule is CC1SCCC1NCc1cncn1C. The molecule has 1 fully saturated rings. The molecule has 1 N–H and O–H groups in total. The molecule has 1 aromatic rings. The van der Waals surface area contributed by atoms with E-state index < -0.39 is 0 Å². The normalized spacial score (nSPS) is 27.0. The molecule has 0 aliphatic carbocycles. The van der Waals surface area contributed by atoms with E-state index in [1.807, 2.05) is 19.6 Å². The van der Waals surface area contributed by atoms with Crippen molar-refractivity contribution >= 4 is 11.8 Å². The first kappa shape index (κ1) is 10.1. The monoisotopic (exact) mass is 211 g/mol. The molecule has 2 rings (SSSR count). The molecule has 0 saturated carbocycles. The molecule has 4 heteroatoms. The Morgan fingerprint density at radius 2 is 2.57 bits per heavy atom. The summed E-state index contributed by atoms with van der Waals surface area (Å²) in [7, 11) is 2.04. The minimum absolute atomic E-state index is 0.676. The molecule has 1 saturated heterocycles. The van der Waals surface area contributed by atoms with Crippen LogP contribution in [0.1, 0.15) is 19.0 Å². The van der Waals surface area contributed by atoms with E-state index in [2.05, 4.69) is 33.6 Å². The molecule has 1 aliphatic rings. The van der Waals surface area contributed by atoms with Crippen molar-refractivity contribution < 1.29 is 0 Å². The van der Waals surface area contributed by atoms with Crippen molar-refractivity contribution in [3.8, 4) is 0 Å². The highest BCUT2D eigenvalue weighted by Gasteiger charge is 2.23. The highest BCUT2D eigenvalue weighted by atomic mass is 32.2. The molecule has 1 aliphatic heterocycles. The number of aromatic nitrogens is 2. The van der Waals surface area contributed by atoms with Gasteiger partial charge in [0.1, 0.15) is 0 Å². The van der Waals surface area contributed by atoms with E-state index in [0.29, 0.717) is 6.04 Å². The highest BCUT2D eigenvalue weighted by Crippen LogP contribution is 2.26. The second kappa shape index (κ2) is 4.36. The molecule has 0 radical (unpaired) electrons. The number of rotatable bonds is 3. The second-order valence-electron chi connectivity index (χ2n) is 3.85. The van der Waals surface area contributed by atoms with E-state index in [1.165, 1.54) is 17.9 Å². The fourth-order valence-corrected chi connectivity index (χ4v) is 3.02. The maximum atomic E-state index is 4.10. The van der Waals surface area contributed by atoms with Gasteiger partial charge in [-0.05, 0) is 12.2 Å². The Morgan fingerprint density at radius 3 is 3.14 bits per heavy atom. The number of hydrogen-bond donors (Lipinski definition) is 1. The second-order valence-corrected chi connectivity index (χ2v) is 5.33. The number of nitrogens with zero attached hydrogens (tertiary/aromatic N) is 2. The van der Waals surface area contributed by atoms with Crippen molar-refractivity contribution in [3.63, 3.8) is 0 Å². The lowest BCUT2D eigenvalue weighted by molar-refractivity contribution is 0.503. The van der Waals surface area contributed by atoms with Crippen LogP contribution in [-0.4, -0.2) is 26.6 Å². The topological polar surface area (TPSA) is 29.9 Å². The van der Waals surface area contributed by atoms with Gasteiger partial charge >= 0.3 is 0 Å².